The molecule has 1 fully saturated rings. The van der Waals surface area contributed by atoms with Gasteiger partial charge in [0.05, 0.1) is 11.7 Å². The minimum absolute atomic E-state index is 0.107. The second-order valence-electron chi connectivity index (χ2n) is 7.66. The van der Waals surface area contributed by atoms with E-state index in [1.54, 1.807) is 12.3 Å². The summed E-state index contributed by atoms with van der Waals surface area (Å²) < 4.78 is 20.2. The summed E-state index contributed by atoms with van der Waals surface area (Å²) in [6, 6.07) is 10.5. The van der Waals surface area contributed by atoms with Gasteiger partial charge >= 0.3 is 6.09 Å². The number of halogens is 1. The molecule has 31 heavy (non-hydrogen) atoms. The van der Waals surface area contributed by atoms with Gasteiger partial charge in [0.1, 0.15) is 18.5 Å². The maximum Gasteiger partial charge on any atom is 0.415 e. The van der Waals surface area contributed by atoms with Gasteiger partial charge in [-0.25, -0.2) is 9.18 Å². The van der Waals surface area contributed by atoms with Crippen molar-refractivity contribution in [2.75, 3.05) is 18.0 Å². The van der Waals surface area contributed by atoms with Crippen molar-refractivity contribution in [1.82, 2.24) is 16.3 Å². The third kappa shape index (κ3) is 3.60. The number of nitroso groups, excluding NO2 is 1. The van der Waals surface area contributed by atoms with Gasteiger partial charge < -0.3 is 26.4 Å². The fourth-order valence-electron chi connectivity index (χ4n) is 4.22. The van der Waals surface area contributed by atoms with Crippen molar-refractivity contribution in [3.63, 3.8) is 0 Å². The Balaban J connectivity index is 1.31. The number of ether oxygens (including phenoxy) is 1. The monoisotopic (exact) mass is 423 g/mol. The molecule has 3 heterocycles. The molecule has 3 aliphatic rings. The Morgan fingerprint density at radius 3 is 2.84 bits per heavy atom. The van der Waals surface area contributed by atoms with E-state index in [2.05, 4.69) is 26.9 Å². The van der Waals surface area contributed by atoms with Gasteiger partial charge in [0.25, 0.3) is 0 Å². The summed E-state index contributed by atoms with van der Waals surface area (Å²) in [5, 5.41) is 6.17. The second-order valence-corrected chi connectivity index (χ2v) is 7.66. The highest BCUT2D eigenvalue weighted by atomic mass is 19.1. The molecule has 1 amide bonds. The van der Waals surface area contributed by atoms with Crippen molar-refractivity contribution in [2.24, 2.45) is 5.18 Å². The number of nitrogens with one attached hydrogen (secondary N) is 3. The summed E-state index contributed by atoms with van der Waals surface area (Å²) in [5.74, 6) is -0.412. The van der Waals surface area contributed by atoms with Gasteiger partial charge in [-0.3, -0.25) is 4.90 Å². The molecule has 5 rings (SSSR count). The molecule has 160 valence electrons. The molecule has 3 N–H and O–H groups in total. The Kier molecular flexibility index (Phi) is 5.00. The van der Waals surface area contributed by atoms with Crippen LogP contribution in [0.25, 0.3) is 16.6 Å². The number of rotatable bonds is 7. The Labute approximate surface area is 177 Å². The molecule has 3 aliphatic heterocycles. The predicted molar refractivity (Wildman–Crippen MR) is 112 cm³/mol. The first kappa shape index (κ1) is 19.5. The lowest BCUT2D eigenvalue weighted by Crippen LogP contribution is -2.34. The van der Waals surface area contributed by atoms with Crippen LogP contribution < -0.4 is 21.2 Å². The first-order valence-electron chi connectivity index (χ1n) is 9.95. The largest absolute Gasteiger partial charge is 0.609 e. The van der Waals surface area contributed by atoms with E-state index in [1.807, 2.05) is 24.3 Å². The highest BCUT2D eigenvalue weighted by molar-refractivity contribution is 5.94. The number of benzene rings is 2. The normalized spacial score (nSPS) is 21.1. The highest BCUT2D eigenvalue weighted by Crippen LogP contribution is 2.41. The van der Waals surface area contributed by atoms with Gasteiger partial charge in [0.2, 0.25) is 0 Å². The fourth-order valence-corrected chi connectivity index (χ4v) is 4.22. The third-order valence-corrected chi connectivity index (χ3v) is 5.73. The van der Waals surface area contributed by atoms with Gasteiger partial charge in [-0.05, 0) is 35.2 Å². The lowest BCUT2D eigenvalue weighted by atomic mass is 9.98. The summed E-state index contributed by atoms with van der Waals surface area (Å²) >= 11 is 0. The van der Waals surface area contributed by atoms with Crippen molar-refractivity contribution in [3.8, 4) is 11.1 Å². The van der Waals surface area contributed by atoms with Gasteiger partial charge in [-0.1, -0.05) is 29.4 Å². The van der Waals surface area contributed by atoms with Crippen molar-refractivity contribution in [2.45, 2.75) is 25.1 Å². The van der Waals surface area contributed by atoms with Crippen molar-refractivity contribution in [1.29, 1.82) is 0 Å². The lowest BCUT2D eigenvalue weighted by molar-refractivity contribution is 0.135. The smallest absolute Gasteiger partial charge is 0.415 e. The molecule has 0 saturated carbocycles. The third-order valence-electron chi connectivity index (χ3n) is 5.73. The van der Waals surface area contributed by atoms with Crippen LogP contribution in [0.2, 0.25) is 0 Å². The van der Waals surface area contributed by atoms with Gasteiger partial charge in [-0.2, -0.15) is 4.91 Å². The number of cyclic esters (lactones) is 1. The second kappa shape index (κ2) is 7.97. The molecule has 2 aromatic carbocycles. The average molecular weight is 423 g/mol. The highest BCUT2D eigenvalue weighted by Gasteiger charge is 2.48. The quantitative estimate of drug-likeness (QED) is 0.591. The first-order valence-corrected chi connectivity index (χ1v) is 9.95. The van der Waals surface area contributed by atoms with Gasteiger partial charge in [0, 0.05) is 24.4 Å². The number of nitrogens with zero attached hydrogens (tertiary/aromatic N) is 3. The van der Waals surface area contributed by atoms with Crippen LogP contribution in [0.4, 0.5) is 14.9 Å². The topological polar surface area (TPSA) is 109 Å². The van der Waals surface area contributed by atoms with E-state index >= 15 is 0 Å². The number of hydrazine groups is 1. The zero-order valence-electron chi connectivity index (χ0n) is 16.5. The minimum atomic E-state index is -0.602. The Hall–Kier alpha value is -3.50. The van der Waals surface area contributed by atoms with Crippen LogP contribution in [0, 0.1) is 10.7 Å². The van der Waals surface area contributed by atoms with E-state index in [9.17, 15) is 14.1 Å². The number of carbonyl (C=O) groups excluding carboxylic acids is 1. The molecular formula is C21H20FN6O3-. The van der Waals surface area contributed by atoms with Crippen LogP contribution in [-0.4, -0.2) is 31.3 Å². The summed E-state index contributed by atoms with van der Waals surface area (Å²) in [4.78, 5) is 24.3. The number of fused-ring (bicyclic) bond motifs is 3. The van der Waals surface area contributed by atoms with Crippen LogP contribution in [0.1, 0.15) is 11.1 Å². The zero-order chi connectivity index (χ0) is 21.4. The molecule has 10 heteroatoms. The van der Waals surface area contributed by atoms with Crippen molar-refractivity contribution < 1.29 is 13.9 Å². The Morgan fingerprint density at radius 1 is 1.26 bits per heavy atom. The van der Waals surface area contributed by atoms with Crippen LogP contribution >= 0.6 is 0 Å². The molecule has 0 unspecified atom stereocenters. The molecule has 1 saturated heterocycles. The van der Waals surface area contributed by atoms with Crippen molar-refractivity contribution in [3.05, 3.63) is 75.6 Å². The van der Waals surface area contributed by atoms with Crippen LogP contribution in [0.15, 0.2) is 53.5 Å². The summed E-state index contributed by atoms with van der Waals surface area (Å²) in [6.07, 6.45) is 1.06. The summed E-state index contributed by atoms with van der Waals surface area (Å²) in [6.45, 7) is 1.21. The summed E-state index contributed by atoms with van der Waals surface area (Å²) in [7, 11) is 0. The molecule has 0 spiro atoms. The van der Waals surface area contributed by atoms with E-state index in [0.717, 1.165) is 22.4 Å². The van der Waals surface area contributed by atoms with Crippen LogP contribution in [0.5, 0.6) is 0 Å². The Morgan fingerprint density at radius 2 is 2.10 bits per heavy atom. The molecular weight excluding hydrogens is 403 g/mol. The van der Waals surface area contributed by atoms with Gasteiger partial charge in [0.15, 0.2) is 0 Å². The van der Waals surface area contributed by atoms with Gasteiger partial charge in [-0.15, -0.1) is 6.20 Å². The van der Waals surface area contributed by atoms with E-state index in [1.165, 1.54) is 11.0 Å². The Bertz CT molecular complexity index is 1060. The zero-order valence-corrected chi connectivity index (χ0v) is 16.5. The SMILES string of the molecule is O=NC[C@@H]1OC(=O)N2c3cc(F)c(-c4ccc(CNCC5=C[N-]NN5)cc4)cc3C[C@@H]12. The number of carbonyl (C=O) groups is 1. The number of hydrogen-bond acceptors (Lipinski definition) is 7. The molecule has 0 bridgehead atoms. The van der Waals surface area contributed by atoms with E-state index in [-0.39, 0.29) is 12.6 Å². The van der Waals surface area contributed by atoms with Crippen molar-refractivity contribution >= 4 is 11.8 Å². The van der Waals surface area contributed by atoms with Crippen LogP contribution in [-0.2, 0) is 17.7 Å². The molecule has 0 radical (unpaired) electrons. The number of anilines is 1. The summed E-state index contributed by atoms with van der Waals surface area (Å²) in [5.41, 5.74) is 14.0. The van der Waals surface area contributed by atoms with Crippen LogP contribution in [0.3, 0.4) is 0 Å². The maximum atomic E-state index is 14.9. The van der Waals surface area contributed by atoms with E-state index in [4.69, 9.17) is 4.74 Å². The van der Waals surface area contributed by atoms with E-state index in [0.29, 0.717) is 30.8 Å². The number of amides is 1. The average Bonchev–Trinajstić information content (AvgIpc) is 3.47. The first-order chi connectivity index (χ1) is 15.1. The maximum absolute atomic E-state index is 14.9. The lowest BCUT2D eigenvalue weighted by Gasteiger charge is -2.15. The fraction of sp³-hybridized carbons (Fsp3) is 0.286. The standard InChI is InChI=1S/C21H20FN6O3/c22-17-7-18-14(6-19-20(11-25-30)31-21(29)28(18)19)5-16(17)13-3-1-12(2-4-13)8-23-9-15-10-24-27-26-15/h1-5,7,10,19-20,23,26-27H,6,8-9,11H2/q-1/t19-,20-/m0/s1. The number of hydrogen-bond donors (Lipinski definition) is 3. The predicted octanol–water partition coefficient (Wildman–Crippen LogP) is 2.84. The molecule has 2 atom stereocenters. The molecule has 0 aliphatic carbocycles. The minimum Gasteiger partial charge on any atom is -0.609 e. The molecule has 0 aromatic heterocycles. The molecule has 2 aromatic rings. The molecule has 9 nitrogen and oxygen atoms in total. The van der Waals surface area contributed by atoms with E-state index < -0.39 is 18.0 Å².